The summed E-state index contributed by atoms with van der Waals surface area (Å²) in [5, 5.41) is 5.05. The topological polar surface area (TPSA) is 49.4 Å². The third-order valence-electron chi connectivity index (χ3n) is 5.03. The van der Waals surface area contributed by atoms with Gasteiger partial charge in [-0.05, 0) is 47.5 Å². The largest absolute Gasteiger partial charge is 0.333 e. The zero-order valence-corrected chi connectivity index (χ0v) is 17.2. The third-order valence-corrected chi connectivity index (χ3v) is 6.70. The molecule has 1 N–H and O–H groups in total. The lowest BCUT2D eigenvalue weighted by Gasteiger charge is -2.39. The Kier molecular flexibility index (Phi) is 5.24. The monoisotopic (exact) mass is 408 g/mol. The molecule has 0 radical (unpaired) electrons. The minimum atomic E-state index is -0.476. The molecule has 2 amide bonds. The number of amides is 2. The fraction of sp³-hybridized carbons (Fsp3) is 0.182. The quantitative estimate of drug-likeness (QED) is 0.617. The number of thioether (sulfide) groups is 1. The van der Waals surface area contributed by atoms with Gasteiger partial charge in [-0.1, -0.05) is 30.3 Å². The average Bonchev–Trinajstić information content (AvgIpc) is 3.25. The van der Waals surface area contributed by atoms with E-state index in [1.54, 1.807) is 41.1 Å². The summed E-state index contributed by atoms with van der Waals surface area (Å²) in [6, 6.07) is 18.8. The van der Waals surface area contributed by atoms with Crippen LogP contribution in [0, 0.1) is 0 Å². The van der Waals surface area contributed by atoms with Crippen molar-refractivity contribution in [2.75, 3.05) is 18.6 Å². The molecule has 4 rings (SSSR count). The molecule has 0 saturated carbocycles. The van der Waals surface area contributed by atoms with Crippen LogP contribution in [0.25, 0.3) is 0 Å². The molecule has 2 heterocycles. The second kappa shape index (κ2) is 7.81. The number of hydrogen-bond acceptors (Lipinski definition) is 4. The van der Waals surface area contributed by atoms with Gasteiger partial charge in [0.15, 0.2) is 0 Å². The smallest absolute Gasteiger partial charge is 0.254 e. The number of likely N-dealkylation sites (N-methyl/N-ethyl adjacent to an activating group) is 1. The van der Waals surface area contributed by atoms with Crippen molar-refractivity contribution in [2.45, 2.75) is 16.9 Å². The van der Waals surface area contributed by atoms with Gasteiger partial charge >= 0.3 is 0 Å². The fourth-order valence-electron chi connectivity index (χ4n) is 3.69. The molecule has 142 valence electrons. The number of carbonyl (C=O) groups is 2. The van der Waals surface area contributed by atoms with E-state index in [0.29, 0.717) is 5.56 Å². The van der Waals surface area contributed by atoms with Gasteiger partial charge < -0.3 is 10.2 Å². The molecule has 2 atom stereocenters. The summed E-state index contributed by atoms with van der Waals surface area (Å²) in [7, 11) is 1.78. The highest BCUT2D eigenvalue weighted by Crippen LogP contribution is 2.43. The van der Waals surface area contributed by atoms with Crippen LogP contribution < -0.4 is 5.32 Å². The van der Waals surface area contributed by atoms with E-state index < -0.39 is 5.92 Å². The summed E-state index contributed by atoms with van der Waals surface area (Å²) in [6.45, 7) is 0. The number of hydrogen-bond donors (Lipinski definition) is 1. The van der Waals surface area contributed by atoms with Gasteiger partial charge in [-0.15, -0.1) is 23.1 Å². The predicted molar refractivity (Wildman–Crippen MR) is 115 cm³/mol. The Hall–Kier alpha value is -2.57. The van der Waals surface area contributed by atoms with E-state index in [2.05, 4.69) is 5.32 Å². The van der Waals surface area contributed by atoms with Crippen LogP contribution in [0.15, 0.2) is 70.9 Å². The first-order valence-corrected chi connectivity index (χ1v) is 11.0. The van der Waals surface area contributed by atoms with Gasteiger partial charge in [-0.25, -0.2) is 0 Å². The number of benzene rings is 2. The first kappa shape index (κ1) is 18.8. The summed E-state index contributed by atoms with van der Waals surface area (Å²) < 4.78 is 0. The summed E-state index contributed by atoms with van der Waals surface area (Å²) in [4.78, 5) is 30.1. The van der Waals surface area contributed by atoms with Crippen LogP contribution in [0.4, 0.5) is 5.69 Å². The Balaban J connectivity index is 1.77. The zero-order chi connectivity index (χ0) is 19.7. The Morgan fingerprint density at radius 1 is 1.11 bits per heavy atom. The van der Waals surface area contributed by atoms with Crippen LogP contribution >= 0.6 is 23.1 Å². The predicted octanol–water partition coefficient (Wildman–Crippen LogP) is 5.02. The maximum atomic E-state index is 13.4. The molecule has 6 heteroatoms. The van der Waals surface area contributed by atoms with Gasteiger partial charge in [0.1, 0.15) is 0 Å². The van der Waals surface area contributed by atoms with Gasteiger partial charge in [-0.3, -0.25) is 9.59 Å². The standard InChI is InChI=1S/C22H20N2O2S2/c1-24-20(18-11-6-12-28-18)19(16-9-3-4-10-17(16)22(24)26)21(25)23-14-7-5-8-15(13-14)27-2/h3-13,19-20H,1-2H3,(H,23,25)/t19-,20-/m1/s1. The number of rotatable bonds is 4. The molecule has 0 spiro atoms. The molecule has 1 aliphatic rings. The zero-order valence-electron chi connectivity index (χ0n) is 15.6. The Labute approximate surface area is 172 Å². The first-order chi connectivity index (χ1) is 13.6. The van der Waals surface area contributed by atoms with Gasteiger partial charge in [-0.2, -0.15) is 0 Å². The number of nitrogens with one attached hydrogen (secondary N) is 1. The Morgan fingerprint density at radius 2 is 1.93 bits per heavy atom. The third kappa shape index (κ3) is 3.34. The summed E-state index contributed by atoms with van der Waals surface area (Å²) in [6.07, 6.45) is 2.01. The SMILES string of the molecule is CSc1cccc(NC(=O)[C@@H]2c3ccccc3C(=O)N(C)[C@@H]2c2cccs2)c1. The van der Waals surface area contributed by atoms with Crippen LogP contribution in [0.1, 0.15) is 32.8 Å². The van der Waals surface area contributed by atoms with Crippen molar-refractivity contribution in [3.63, 3.8) is 0 Å². The van der Waals surface area contributed by atoms with E-state index in [4.69, 9.17) is 0 Å². The highest BCUT2D eigenvalue weighted by Gasteiger charge is 2.43. The summed E-state index contributed by atoms with van der Waals surface area (Å²) >= 11 is 3.20. The molecule has 0 saturated heterocycles. The van der Waals surface area contributed by atoms with Crippen molar-refractivity contribution in [2.24, 2.45) is 0 Å². The van der Waals surface area contributed by atoms with Crippen molar-refractivity contribution < 1.29 is 9.59 Å². The van der Waals surface area contributed by atoms with E-state index in [0.717, 1.165) is 21.0 Å². The molecule has 0 aliphatic carbocycles. The number of thiophene rings is 1. The van der Waals surface area contributed by atoms with Crippen molar-refractivity contribution in [3.05, 3.63) is 82.0 Å². The molecule has 1 aromatic heterocycles. The molecule has 0 fully saturated rings. The van der Waals surface area contributed by atoms with E-state index in [-0.39, 0.29) is 17.9 Å². The van der Waals surface area contributed by atoms with E-state index >= 15 is 0 Å². The summed E-state index contributed by atoms with van der Waals surface area (Å²) in [5.74, 6) is -0.638. The van der Waals surface area contributed by atoms with Gasteiger partial charge in [0.2, 0.25) is 5.91 Å². The molecule has 4 nitrogen and oxygen atoms in total. The molecule has 1 aliphatic heterocycles. The minimum absolute atomic E-state index is 0.0533. The maximum absolute atomic E-state index is 13.4. The van der Waals surface area contributed by atoms with E-state index in [1.807, 2.05) is 66.2 Å². The minimum Gasteiger partial charge on any atom is -0.333 e. The number of fused-ring (bicyclic) bond motifs is 1. The molecule has 0 unspecified atom stereocenters. The normalized spacial score (nSPS) is 18.6. The lowest BCUT2D eigenvalue weighted by molar-refractivity contribution is -0.119. The van der Waals surface area contributed by atoms with Crippen LogP contribution in [0.3, 0.4) is 0 Å². The molecule has 28 heavy (non-hydrogen) atoms. The number of carbonyl (C=O) groups excluding carboxylic acids is 2. The van der Waals surface area contributed by atoms with Crippen LogP contribution in [-0.2, 0) is 4.79 Å². The van der Waals surface area contributed by atoms with Gasteiger partial charge in [0, 0.05) is 28.1 Å². The lowest BCUT2D eigenvalue weighted by Crippen LogP contribution is -2.43. The fourth-order valence-corrected chi connectivity index (χ4v) is 5.06. The van der Waals surface area contributed by atoms with Crippen molar-refractivity contribution in [1.82, 2.24) is 4.90 Å². The summed E-state index contributed by atoms with van der Waals surface area (Å²) in [5.41, 5.74) is 2.14. The second-order valence-electron chi connectivity index (χ2n) is 6.66. The first-order valence-electron chi connectivity index (χ1n) is 8.94. The Morgan fingerprint density at radius 3 is 2.68 bits per heavy atom. The van der Waals surface area contributed by atoms with E-state index in [1.165, 1.54) is 0 Å². The number of anilines is 1. The van der Waals surface area contributed by atoms with E-state index in [9.17, 15) is 9.59 Å². The van der Waals surface area contributed by atoms with Gasteiger partial charge in [0.25, 0.3) is 5.91 Å². The Bertz CT molecular complexity index is 1020. The van der Waals surface area contributed by atoms with Crippen LogP contribution in [0.2, 0.25) is 0 Å². The maximum Gasteiger partial charge on any atom is 0.254 e. The van der Waals surface area contributed by atoms with Crippen molar-refractivity contribution in [3.8, 4) is 0 Å². The average molecular weight is 409 g/mol. The van der Waals surface area contributed by atoms with Gasteiger partial charge in [0.05, 0.1) is 12.0 Å². The molecule has 0 bridgehead atoms. The van der Waals surface area contributed by atoms with Crippen molar-refractivity contribution >= 4 is 40.6 Å². The molecule has 3 aromatic rings. The molecular weight excluding hydrogens is 388 g/mol. The number of nitrogens with zero attached hydrogens (tertiary/aromatic N) is 1. The van der Waals surface area contributed by atoms with Crippen LogP contribution in [-0.4, -0.2) is 30.0 Å². The second-order valence-corrected chi connectivity index (χ2v) is 8.52. The lowest BCUT2D eigenvalue weighted by atomic mass is 9.81. The molecular formula is C22H20N2O2S2. The van der Waals surface area contributed by atoms with Crippen molar-refractivity contribution in [1.29, 1.82) is 0 Å². The molecule has 2 aromatic carbocycles. The van der Waals surface area contributed by atoms with Crippen LogP contribution in [0.5, 0.6) is 0 Å². The highest BCUT2D eigenvalue weighted by molar-refractivity contribution is 7.98. The highest BCUT2D eigenvalue weighted by atomic mass is 32.2.